The third-order valence-electron chi connectivity index (χ3n) is 4.42. The van der Waals surface area contributed by atoms with Crippen molar-refractivity contribution in [2.24, 2.45) is 0 Å². The van der Waals surface area contributed by atoms with Gasteiger partial charge in [-0.15, -0.1) is 10.2 Å². The molecule has 1 fully saturated rings. The lowest BCUT2D eigenvalue weighted by Crippen LogP contribution is -2.48. The van der Waals surface area contributed by atoms with Crippen molar-refractivity contribution in [2.45, 2.75) is 24.7 Å². The van der Waals surface area contributed by atoms with Gasteiger partial charge < -0.3 is 9.64 Å². The van der Waals surface area contributed by atoms with Gasteiger partial charge in [0.15, 0.2) is 4.34 Å². The average molecular weight is 436 g/mol. The number of amides is 2. The topological polar surface area (TPSA) is 87.7 Å². The zero-order chi connectivity index (χ0) is 20.6. The maximum Gasteiger partial charge on any atom is 0.413 e. The largest absolute Gasteiger partial charge is 0.450 e. The van der Waals surface area contributed by atoms with Gasteiger partial charge in [-0.05, 0) is 19.4 Å². The lowest BCUT2D eigenvalue weighted by Gasteiger charge is -2.34. The highest BCUT2D eigenvalue weighted by molar-refractivity contribution is 8.01. The van der Waals surface area contributed by atoms with Crippen LogP contribution in [0, 0.1) is 6.92 Å². The van der Waals surface area contributed by atoms with Gasteiger partial charge in [-0.2, -0.15) is 0 Å². The molecule has 0 saturated carbocycles. The van der Waals surface area contributed by atoms with E-state index in [1.54, 1.807) is 6.92 Å². The van der Waals surface area contributed by atoms with Gasteiger partial charge in [-0.3, -0.25) is 15.0 Å². The Hall–Kier alpha value is -2.17. The molecule has 2 heterocycles. The molecule has 1 aromatic heterocycles. The number of aryl methyl sites for hydroxylation is 1. The summed E-state index contributed by atoms with van der Waals surface area (Å²) in [5.74, 6) is 0.409. The molecule has 156 valence electrons. The first-order chi connectivity index (χ1) is 14.0. The summed E-state index contributed by atoms with van der Waals surface area (Å²) in [6, 6.07) is 8.55. The van der Waals surface area contributed by atoms with Crippen LogP contribution in [0.25, 0.3) is 0 Å². The molecule has 0 atom stereocenters. The van der Waals surface area contributed by atoms with E-state index < -0.39 is 6.09 Å². The molecule has 1 N–H and O–H groups in total. The molecule has 1 aromatic carbocycles. The number of carbonyl (C=O) groups excluding carboxylic acids is 2. The zero-order valence-electron chi connectivity index (χ0n) is 16.6. The maximum atomic E-state index is 12.5. The highest BCUT2D eigenvalue weighted by Crippen LogP contribution is 2.26. The summed E-state index contributed by atoms with van der Waals surface area (Å²) >= 11 is 2.56. The van der Waals surface area contributed by atoms with Crippen molar-refractivity contribution in [3.05, 3.63) is 35.4 Å². The fourth-order valence-electron chi connectivity index (χ4n) is 3.01. The Morgan fingerprint density at radius 1 is 1.24 bits per heavy atom. The second kappa shape index (κ2) is 10.6. The molecule has 0 radical (unpaired) electrons. The van der Waals surface area contributed by atoms with E-state index in [0.717, 1.165) is 32.7 Å². The smallest absolute Gasteiger partial charge is 0.413 e. The number of thioether (sulfide) groups is 1. The average Bonchev–Trinajstić information content (AvgIpc) is 3.14. The predicted octanol–water partition coefficient (Wildman–Crippen LogP) is 2.85. The van der Waals surface area contributed by atoms with E-state index >= 15 is 0 Å². The summed E-state index contributed by atoms with van der Waals surface area (Å²) in [5, 5.41) is 10.8. The third kappa shape index (κ3) is 6.69. The van der Waals surface area contributed by atoms with Crippen LogP contribution in [0.1, 0.15) is 18.1 Å². The Balaban J connectivity index is 1.40. The third-order valence-corrected chi connectivity index (χ3v) is 6.38. The van der Waals surface area contributed by atoms with Gasteiger partial charge in [0, 0.05) is 32.7 Å². The number of piperazine rings is 1. The lowest BCUT2D eigenvalue weighted by molar-refractivity contribution is -0.130. The Labute approximate surface area is 178 Å². The first kappa shape index (κ1) is 21.5. The highest BCUT2D eigenvalue weighted by atomic mass is 32.2. The van der Waals surface area contributed by atoms with Crippen LogP contribution in [0.4, 0.5) is 9.93 Å². The van der Waals surface area contributed by atoms with Crippen LogP contribution in [0.15, 0.2) is 28.6 Å². The molecule has 1 aliphatic heterocycles. The van der Waals surface area contributed by atoms with Gasteiger partial charge in [-0.25, -0.2) is 4.79 Å². The number of carbonyl (C=O) groups is 2. The number of aromatic nitrogens is 2. The van der Waals surface area contributed by atoms with Gasteiger partial charge in [-0.1, -0.05) is 52.9 Å². The van der Waals surface area contributed by atoms with Crippen molar-refractivity contribution in [3.8, 4) is 0 Å². The van der Waals surface area contributed by atoms with E-state index in [1.165, 1.54) is 34.2 Å². The van der Waals surface area contributed by atoms with Crippen molar-refractivity contribution < 1.29 is 14.3 Å². The molecule has 0 spiro atoms. The van der Waals surface area contributed by atoms with E-state index in [2.05, 4.69) is 51.6 Å². The zero-order valence-corrected chi connectivity index (χ0v) is 18.2. The molecular formula is C19H25N5O3S2. The van der Waals surface area contributed by atoms with E-state index in [0.29, 0.717) is 21.8 Å². The van der Waals surface area contributed by atoms with E-state index in [4.69, 9.17) is 4.74 Å². The minimum Gasteiger partial charge on any atom is -0.450 e. The SMILES string of the molecule is CCOC(=O)Nc1nnc(SCC(=O)N2CCN(Cc3cccc(C)c3)CC2)s1. The second-order valence-corrected chi connectivity index (χ2v) is 8.85. The molecule has 0 unspecified atom stereocenters. The number of rotatable bonds is 7. The van der Waals surface area contributed by atoms with Crippen LogP contribution >= 0.6 is 23.1 Å². The number of ether oxygens (including phenoxy) is 1. The van der Waals surface area contributed by atoms with Gasteiger partial charge in [0.1, 0.15) is 0 Å². The van der Waals surface area contributed by atoms with Crippen molar-refractivity contribution >= 4 is 40.2 Å². The molecule has 1 saturated heterocycles. The van der Waals surface area contributed by atoms with E-state index in [1.807, 2.05) is 4.90 Å². The van der Waals surface area contributed by atoms with Crippen LogP contribution in [0.5, 0.6) is 0 Å². The van der Waals surface area contributed by atoms with Crippen LogP contribution in [0.3, 0.4) is 0 Å². The molecule has 0 bridgehead atoms. The molecular weight excluding hydrogens is 410 g/mol. The normalized spacial score (nSPS) is 14.6. The summed E-state index contributed by atoms with van der Waals surface area (Å²) in [6.07, 6.45) is -0.556. The van der Waals surface area contributed by atoms with E-state index in [9.17, 15) is 9.59 Å². The summed E-state index contributed by atoms with van der Waals surface area (Å²) < 4.78 is 5.44. The number of nitrogens with one attached hydrogen (secondary N) is 1. The Morgan fingerprint density at radius 2 is 2.03 bits per heavy atom. The lowest BCUT2D eigenvalue weighted by atomic mass is 10.1. The summed E-state index contributed by atoms with van der Waals surface area (Å²) in [4.78, 5) is 28.2. The van der Waals surface area contributed by atoms with Gasteiger partial charge in [0.2, 0.25) is 11.0 Å². The minimum absolute atomic E-state index is 0.0975. The number of hydrogen-bond acceptors (Lipinski definition) is 8. The van der Waals surface area contributed by atoms with Crippen LogP contribution in [0.2, 0.25) is 0 Å². The standard InChI is InChI=1S/C19H25N5O3S2/c1-3-27-18(26)20-17-21-22-19(29-17)28-13-16(25)24-9-7-23(8-10-24)12-15-6-4-5-14(2)11-15/h4-6,11H,3,7-10,12-13H2,1-2H3,(H,20,21,26). The molecule has 10 heteroatoms. The number of hydrogen-bond donors (Lipinski definition) is 1. The van der Waals surface area contributed by atoms with Gasteiger partial charge in [0.05, 0.1) is 12.4 Å². The Bertz CT molecular complexity index is 837. The van der Waals surface area contributed by atoms with Crippen molar-refractivity contribution in [3.63, 3.8) is 0 Å². The van der Waals surface area contributed by atoms with Crippen molar-refractivity contribution in [1.82, 2.24) is 20.0 Å². The van der Waals surface area contributed by atoms with Gasteiger partial charge >= 0.3 is 6.09 Å². The van der Waals surface area contributed by atoms with Crippen LogP contribution in [-0.2, 0) is 16.1 Å². The molecule has 8 nitrogen and oxygen atoms in total. The fourth-order valence-corrected chi connectivity index (χ4v) is 4.65. The summed E-state index contributed by atoms with van der Waals surface area (Å²) in [6.45, 7) is 8.25. The predicted molar refractivity (Wildman–Crippen MR) is 114 cm³/mol. The number of nitrogens with zero attached hydrogens (tertiary/aromatic N) is 4. The quantitative estimate of drug-likeness (QED) is 0.528. The molecule has 0 aliphatic carbocycles. The molecule has 2 amide bonds. The monoisotopic (exact) mass is 435 g/mol. The first-order valence-electron chi connectivity index (χ1n) is 9.49. The maximum absolute atomic E-state index is 12.5. The van der Waals surface area contributed by atoms with Crippen molar-refractivity contribution in [1.29, 1.82) is 0 Å². The minimum atomic E-state index is -0.556. The first-order valence-corrected chi connectivity index (χ1v) is 11.3. The molecule has 29 heavy (non-hydrogen) atoms. The number of anilines is 1. The summed E-state index contributed by atoms with van der Waals surface area (Å²) in [7, 11) is 0. The highest BCUT2D eigenvalue weighted by Gasteiger charge is 2.21. The van der Waals surface area contributed by atoms with Gasteiger partial charge in [0.25, 0.3) is 0 Å². The van der Waals surface area contributed by atoms with Crippen molar-refractivity contribution in [2.75, 3.05) is 43.9 Å². The molecule has 1 aliphatic rings. The Morgan fingerprint density at radius 3 is 2.76 bits per heavy atom. The molecule has 3 rings (SSSR count). The fraction of sp³-hybridized carbons (Fsp3) is 0.474. The Kier molecular flexibility index (Phi) is 7.84. The van der Waals surface area contributed by atoms with Crippen LogP contribution in [-0.4, -0.2) is 70.5 Å². The molecule has 2 aromatic rings. The number of benzene rings is 1. The van der Waals surface area contributed by atoms with E-state index in [-0.39, 0.29) is 5.91 Å². The van der Waals surface area contributed by atoms with Crippen LogP contribution < -0.4 is 5.32 Å². The summed E-state index contributed by atoms with van der Waals surface area (Å²) in [5.41, 5.74) is 2.58. The second-order valence-electron chi connectivity index (χ2n) is 6.65.